The smallest absolute Gasteiger partial charge is 0.217 e. The van der Waals surface area contributed by atoms with Gasteiger partial charge in [-0.3, -0.25) is 9.79 Å². The molecule has 2 unspecified atom stereocenters. The Labute approximate surface area is 161 Å². The maximum atomic E-state index is 13.6. The summed E-state index contributed by atoms with van der Waals surface area (Å²) in [5.41, 5.74) is 6.28. The number of piperidine rings is 1. The molecule has 0 spiro atoms. The number of likely N-dealkylation sites (tertiary alicyclic amines) is 1. The molecule has 1 amide bonds. The number of nitrogens with two attached hydrogens (primary N) is 1. The van der Waals surface area contributed by atoms with E-state index in [0.717, 1.165) is 44.0 Å². The van der Waals surface area contributed by atoms with Crippen LogP contribution in [0.3, 0.4) is 0 Å². The van der Waals surface area contributed by atoms with Gasteiger partial charge in [-0.15, -0.1) is 0 Å². The van der Waals surface area contributed by atoms with Gasteiger partial charge in [0.1, 0.15) is 5.82 Å². The van der Waals surface area contributed by atoms with Crippen molar-refractivity contribution in [2.75, 3.05) is 40.3 Å². The topological polar surface area (TPSA) is 74.0 Å². The fourth-order valence-corrected chi connectivity index (χ4v) is 3.59. The van der Waals surface area contributed by atoms with Crippen molar-refractivity contribution in [1.82, 2.24) is 15.1 Å². The van der Waals surface area contributed by atoms with Crippen molar-refractivity contribution in [3.63, 3.8) is 0 Å². The first-order valence-corrected chi connectivity index (χ1v) is 9.64. The molecule has 1 aromatic carbocycles. The van der Waals surface area contributed by atoms with Crippen LogP contribution in [0.1, 0.15) is 37.8 Å². The van der Waals surface area contributed by atoms with E-state index in [-0.39, 0.29) is 23.7 Å². The standard InChI is InChI=1S/C20H32FN5O/c1-4-23-20(26-10-6-7-15(14-26)11-19(22)27)24-13-18(25(2)3)16-8-5-9-17(21)12-16/h5,8-9,12,15,18H,4,6-7,10-11,13-14H2,1-3H3,(H2,22,27)(H,23,24). The van der Waals surface area contributed by atoms with Crippen LogP contribution in [0.25, 0.3) is 0 Å². The summed E-state index contributed by atoms with van der Waals surface area (Å²) in [6, 6.07) is 6.67. The fraction of sp³-hybridized carbons (Fsp3) is 0.600. The van der Waals surface area contributed by atoms with Crippen LogP contribution < -0.4 is 11.1 Å². The van der Waals surface area contributed by atoms with Crippen LogP contribution >= 0.6 is 0 Å². The number of aliphatic imine (C=N–C) groups is 1. The highest BCUT2D eigenvalue weighted by atomic mass is 19.1. The number of benzene rings is 1. The van der Waals surface area contributed by atoms with E-state index in [1.54, 1.807) is 12.1 Å². The molecule has 7 heteroatoms. The Bertz CT molecular complexity index is 649. The van der Waals surface area contributed by atoms with Gasteiger partial charge in [0.05, 0.1) is 12.6 Å². The van der Waals surface area contributed by atoms with Gasteiger partial charge in [-0.2, -0.15) is 0 Å². The summed E-state index contributed by atoms with van der Waals surface area (Å²) in [6.45, 7) is 5.02. The van der Waals surface area contributed by atoms with E-state index in [4.69, 9.17) is 10.7 Å². The van der Waals surface area contributed by atoms with Gasteiger partial charge >= 0.3 is 0 Å². The van der Waals surface area contributed by atoms with Crippen LogP contribution in [0.4, 0.5) is 4.39 Å². The van der Waals surface area contributed by atoms with Gasteiger partial charge in [-0.05, 0) is 57.5 Å². The third-order valence-electron chi connectivity index (χ3n) is 4.91. The maximum Gasteiger partial charge on any atom is 0.217 e. The summed E-state index contributed by atoms with van der Waals surface area (Å²) in [5.74, 6) is 0.631. The number of primary amides is 1. The third kappa shape index (κ3) is 6.50. The first-order chi connectivity index (χ1) is 12.9. The zero-order valence-corrected chi connectivity index (χ0v) is 16.6. The first kappa shape index (κ1) is 21.2. The number of carbonyl (C=O) groups excluding carboxylic acids is 1. The Kier molecular flexibility index (Phi) is 8.03. The van der Waals surface area contributed by atoms with Crippen LogP contribution in [0.15, 0.2) is 29.3 Å². The van der Waals surface area contributed by atoms with E-state index in [1.807, 2.05) is 32.0 Å². The van der Waals surface area contributed by atoms with Crippen LogP contribution in [-0.2, 0) is 4.79 Å². The van der Waals surface area contributed by atoms with Gasteiger partial charge < -0.3 is 20.9 Å². The second-order valence-electron chi connectivity index (χ2n) is 7.35. The molecule has 1 saturated heterocycles. The predicted molar refractivity (Wildman–Crippen MR) is 107 cm³/mol. The minimum atomic E-state index is -0.248. The first-order valence-electron chi connectivity index (χ1n) is 9.64. The number of rotatable bonds is 7. The van der Waals surface area contributed by atoms with Crippen molar-refractivity contribution in [2.45, 2.75) is 32.2 Å². The average Bonchev–Trinajstić information content (AvgIpc) is 2.60. The Hall–Kier alpha value is -2.15. The number of amides is 1. The summed E-state index contributed by atoms with van der Waals surface area (Å²) in [4.78, 5) is 20.4. The summed E-state index contributed by atoms with van der Waals surface area (Å²) in [5, 5.41) is 3.35. The van der Waals surface area contributed by atoms with Crippen LogP contribution in [0, 0.1) is 11.7 Å². The lowest BCUT2D eigenvalue weighted by Gasteiger charge is -2.35. The third-order valence-corrected chi connectivity index (χ3v) is 4.91. The molecule has 0 saturated carbocycles. The summed E-state index contributed by atoms with van der Waals surface area (Å²) < 4.78 is 13.6. The van der Waals surface area contributed by atoms with Gasteiger partial charge in [0.15, 0.2) is 5.96 Å². The van der Waals surface area contributed by atoms with Crippen LogP contribution in [0.5, 0.6) is 0 Å². The molecule has 1 aliphatic rings. The van der Waals surface area contributed by atoms with Crippen molar-refractivity contribution in [2.24, 2.45) is 16.6 Å². The van der Waals surface area contributed by atoms with Crippen molar-refractivity contribution >= 4 is 11.9 Å². The van der Waals surface area contributed by atoms with E-state index >= 15 is 0 Å². The number of halogens is 1. The molecule has 3 N–H and O–H groups in total. The molecule has 1 fully saturated rings. The van der Waals surface area contributed by atoms with E-state index in [0.29, 0.717) is 13.0 Å². The Balaban J connectivity index is 2.13. The quantitative estimate of drug-likeness (QED) is 0.563. The zero-order valence-electron chi connectivity index (χ0n) is 16.6. The second kappa shape index (κ2) is 10.3. The molecule has 0 aromatic heterocycles. The molecule has 0 bridgehead atoms. The number of hydrogen-bond donors (Lipinski definition) is 2. The number of hydrogen-bond acceptors (Lipinski definition) is 3. The second-order valence-corrected chi connectivity index (χ2v) is 7.35. The largest absolute Gasteiger partial charge is 0.370 e. The molecular formula is C20H32FN5O. The van der Waals surface area contributed by atoms with Crippen molar-refractivity contribution in [1.29, 1.82) is 0 Å². The van der Waals surface area contributed by atoms with Gasteiger partial charge in [0.25, 0.3) is 0 Å². The lowest BCUT2D eigenvalue weighted by Crippen LogP contribution is -2.47. The molecule has 6 nitrogen and oxygen atoms in total. The van der Waals surface area contributed by atoms with Crippen molar-refractivity contribution in [3.8, 4) is 0 Å². The van der Waals surface area contributed by atoms with Crippen molar-refractivity contribution in [3.05, 3.63) is 35.6 Å². The lowest BCUT2D eigenvalue weighted by atomic mass is 9.95. The average molecular weight is 378 g/mol. The van der Waals surface area contributed by atoms with E-state index < -0.39 is 0 Å². The summed E-state index contributed by atoms with van der Waals surface area (Å²) in [7, 11) is 3.95. The van der Waals surface area contributed by atoms with Gasteiger partial charge in [0.2, 0.25) is 5.91 Å². The Morgan fingerprint density at radius 1 is 1.48 bits per heavy atom. The Morgan fingerprint density at radius 2 is 2.26 bits per heavy atom. The highest BCUT2D eigenvalue weighted by Crippen LogP contribution is 2.21. The number of carbonyl (C=O) groups is 1. The molecule has 0 aliphatic carbocycles. The number of guanidine groups is 1. The number of nitrogens with one attached hydrogen (secondary N) is 1. The fourth-order valence-electron chi connectivity index (χ4n) is 3.59. The molecule has 2 rings (SSSR count). The molecule has 1 aromatic rings. The number of nitrogens with zero attached hydrogens (tertiary/aromatic N) is 3. The van der Waals surface area contributed by atoms with Gasteiger partial charge in [-0.25, -0.2) is 4.39 Å². The molecule has 1 heterocycles. The van der Waals surface area contributed by atoms with E-state index in [2.05, 4.69) is 10.2 Å². The highest BCUT2D eigenvalue weighted by molar-refractivity contribution is 5.80. The van der Waals surface area contributed by atoms with E-state index in [1.165, 1.54) is 6.07 Å². The minimum Gasteiger partial charge on any atom is -0.370 e. The molecule has 0 radical (unpaired) electrons. The Morgan fingerprint density at radius 3 is 2.89 bits per heavy atom. The SMILES string of the molecule is CCNC(=NCC(c1cccc(F)c1)N(C)C)N1CCCC(CC(N)=O)C1. The van der Waals surface area contributed by atoms with Gasteiger partial charge in [-0.1, -0.05) is 12.1 Å². The minimum absolute atomic E-state index is 0.0134. The van der Waals surface area contributed by atoms with Crippen LogP contribution in [-0.4, -0.2) is 61.9 Å². The van der Waals surface area contributed by atoms with Crippen LogP contribution in [0.2, 0.25) is 0 Å². The lowest BCUT2D eigenvalue weighted by molar-refractivity contribution is -0.119. The number of likely N-dealkylation sites (N-methyl/N-ethyl adjacent to an activating group) is 1. The molecular weight excluding hydrogens is 345 g/mol. The normalized spacial score (nSPS) is 19.2. The van der Waals surface area contributed by atoms with Crippen molar-refractivity contribution < 1.29 is 9.18 Å². The molecule has 1 aliphatic heterocycles. The molecule has 150 valence electrons. The zero-order chi connectivity index (χ0) is 19.8. The predicted octanol–water partition coefficient (Wildman–Crippen LogP) is 1.98. The summed E-state index contributed by atoms with van der Waals surface area (Å²) in [6.07, 6.45) is 2.45. The molecule has 27 heavy (non-hydrogen) atoms. The monoisotopic (exact) mass is 377 g/mol. The molecule has 2 atom stereocenters. The highest BCUT2D eigenvalue weighted by Gasteiger charge is 2.24. The van der Waals surface area contributed by atoms with Gasteiger partial charge in [0, 0.05) is 26.1 Å². The summed E-state index contributed by atoms with van der Waals surface area (Å²) >= 11 is 0. The van der Waals surface area contributed by atoms with E-state index in [9.17, 15) is 9.18 Å². The maximum absolute atomic E-state index is 13.6.